The van der Waals surface area contributed by atoms with Crippen LogP contribution < -0.4 is 0 Å². The fourth-order valence-corrected chi connectivity index (χ4v) is 0. The molecule has 3 nitrogen and oxygen atoms in total. The quantitative estimate of drug-likeness (QED) is 0.400. The molecule has 5 heteroatoms. The van der Waals surface area contributed by atoms with Gasteiger partial charge in [-0.05, 0) is 0 Å². The first-order valence-electron chi connectivity index (χ1n) is 0.408. The number of rotatable bonds is 0. The Morgan fingerprint density at radius 3 is 1.20 bits per heavy atom. The maximum atomic E-state index is 8.50. The zero-order valence-corrected chi connectivity index (χ0v) is 7.45. The fraction of sp³-hybridized carbons (Fsp3) is 0. The molecule has 0 aliphatic heterocycles. The second kappa shape index (κ2) is 17.7. The molecule has 0 heterocycles. The summed E-state index contributed by atoms with van der Waals surface area (Å²) in [4.78, 5) is 0. The molecule has 0 unspecified atom stereocenters. The maximum absolute atomic E-state index is 8.50. The minimum absolute atomic E-state index is 0. The Morgan fingerprint density at radius 2 is 1.20 bits per heavy atom. The first kappa shape index (κ1) is 16.0. The Hall–Kier alpha value is 1.53. The van der Waals surface area contributed by atoms with Crippen molar-refractivity contribution in [2.45, 2.75) is 0 Å². The van der Waals surface area contributed by atoms with Gasteiger partial charge in [0.25, 0.3) is 0 Å². The van der Waals surface area contributed by atoms with E-state index in [-0.39, 0.29) is 43.2 Å². The van der Waals surface area contributed by atoms with Gasteiger partial charge in [-0.1, -0.05) is 0 Å². The molecule has 1 N–H and O–H groups in total. The van der Waals surface area contributed by atoms with Crippen LogP contribution in [0.25, 0.3) is 0 Å². The van der Waals surface area contributed by atoms with E-state index in [1.807, 2.05) is 0 Å². The van der Waals surface area contributed by atoms with Crippen LogP contribution >= 0.6 is 0 Å². The Kier molecular flexibility index (Phi) is 56.8. The van der Waals surface area contributed by atoms with E-state index in [1.54, 1.807) is 0 Å². The summed E-state index contributed by atoms with van der Waals surface area (Å²) in [5.74, 6) is 0. The molecule has 5 heavy (non-hydrogen) atoms. The fourth-order valence-electron chi connectivity index (χ4n) is 0. The Morgan fingerprint density at radius 1 is 1.20 bits per heavy atom. The summed E-state index contributed by atoms with van der Waals surface area (Å²) < 4.78 is 17.0. The molecule has 0 spiro atoms. The topological polar surface area (TPSA) is 64.1 Å². The van der Waals surface area contributed by atoms with Crippen molar-refractivity contribution >= 4 is 37.7 Å². The summed E-state index contributed by atoms with van der Waals surface area (Å²) in [5.41, 5.74) is 0. The van der Waals surface area contributed by atoms with Gasteiger partial charge in [0.15, 0.2) is 0 Å². The molecule has 0 aromatic carbocycles. The van der Waals surface area contributed by atoms with Gasteiger partial charge in [0.05, 0.1) is 0 Å². The standard InChI is InChI=1S/Ca.H2O.2O.Ti.H/h;1H2;;;;/q+1;;;;;/p-1. The van der Waals surface area contributed by atoms with E-state index in [1.165, 1.54) is 0 Å². The second-order valence-corrected chi connectivity index (χ2v) is 0.344. The van der Waals surface area contributed by atoms with Gasteiger partial charge in [0.1, 0.15) is 0 Å². The van der Waals surface area contributed by atoms with Gasteiger partial charge in [-0.25, -0.2) is 0 Å². The molecule has 0 bridgehead atoms. The van der Waals surface area contributed by atoms with Crippen molar-refractivity contribution in [2.75, 3.05) is 0 Å². The van der Waals surface area contributed by atoms with Crippen molar-refractivity contribution in [3.8, 4) is 0 Å². The first-order chi connectivity index (χ1) is 1.41. The molecule has 0 aromatic heterocycles. The Bertz CT molecular complexity index is 27.9. The molecule has 26 valence electrons. The Labute approximate surface area is 68.0 Å². The van der Waals surface area contributed by atoms with Gasteiger partial charge in [-0.15, -0.1) is 0 Å². The van der Waals surface area contributed by atoms with Gasteiger partial charge in [-0.2, -0.15) is 0 Å². The molecule has 0 aliphatic carbocycles. The number of hydrogen-bond acceptors (Lipinski definition) is 3. The average Bonchev–Trinajstić information content (AvgIpc) is 0.918. The zero-order chi connectivity index (χ0) is 2.71. The van der Waals surface area contributed by atoms with E-state index >= 15 is 0 Å². The van der Waals surface area contributed by atoms with E-state index in [9.17, 15) is 0 Å². The molecule has 0 amide bonds. The molecule has 0 fully saturated rings. The van der Waals surface area contributed by atoms with Crippen LogP contribution in [0, 0.1) is 0 Å². The summed E-state index contributed by atoms with van der Waals surface area (Å²) in [7, 11) is 0. The van der Waals surface area contributed by atoms with E-state index in [4.69, 9.17) is 6.65 Å². The van der Waals surface area contributed by atoms with Crippen LogP contribution in [0.2, 0.25) is 0 Å². The summed E-state index contributed by atoms with van der Waals surface area (Å²) in [6, 6.07) is 0. The third-order valence-electron chi connectivity index (χ3n) is 0. The van der Waals surface area contributed by atoms with Crippen LogP contribution in [-0.2, 0) is 25.7 Å². The van der Waals surface area contributed by atoms with Crippen molar-refractivity contribution in [2.24, 2.45) is 0 Å². The molecular weight excluding hydrogens is 136 g/mol. The van der Waals surface area contributed by atoms with Crippen molar-refractivity contribution in [3.63, 3.8) is 0 Å². The normalized spacial score (nSPS) is 1.60. The predicted octanol–water partition coefficient (Wildman–Crippen LogP) is -1.07. The van der Waals surface area contributed by atoms with Crippen molar-refractivity contribution in [3.05, 3.63) is 0 Å². The van der Waals surface area contributed by atoms with Crippen LogP contribution in [0.1, 0.15) is 0 Å². The molecule has 0 atom stereocenters. The SMILES string of the molecule is [CaH+].[OH-].[O]=[Ti]=[O]. The van der Waals surface area contributed by atoms with Crippen LogP contribution in [0.4, 0.5) is 0 Å². The zero-order valence-electron chi connectivity index (χ0n) is 2.76. The molecule has 0 rings (SSSR count). The van der Waals surface area contributed by atoms with E-state index in [0.717, 1.165) is 0 Å². The summed E-state index contributed by atoms with van der Waals surface area (Å²) in [5, 5.41) is 0. The van der Waals surface area contributed by atoms with Crippen molar-refractivity contribution in [1.82, 2.24) is 0 Å². The second-order valence-electron chi connectivity index (χ2n) is 0.0833. The molecule has 0 saturated heterocycles. The van der Waals surface area contributed by atoms with Gasteiger partial charge < -0.3 is 5.48 Å². The monoisotopic (exact) mass is 138 g/mol. The number of hydrogen-bond donors (Lipinski definition) is 0. The molecular formula is H2CaO3Ti. The molecule has 0 aliphatic rings. The predicted molar refractivity (Wildman–Crippen MR) is 10.5 cm³/mol. The van der Waals surface area contributed by atoms with E-state index in [2.05, 4.69) is 0 Å². The average molecular weight is 138 g/mol. The van der Waals surface area contributed by atoms with Crippen molar-refractivity contribution < 1.29 is 31.2 Å². The minimum atomic E-state index is -2.00. The summed E-state index contributed by atoms with van der Waals surface area (Å²) >= 11 is -2.00. The van der Waals surface area contributed by atoms with E-state index < -0.39 is 19.1 Å². The van der Waals surface area contributed by atoms with Gasteiger partial charge in [-0.3, -0.25) is 0 Å². The van der Waals surface area contributed by atoms with Gasteiger partial charge in [0.2, 0.25) is 0 Å². The van der Waals surface area contributed by atoms with Crippen LogP contribution in [0.3, 0.4) is 0 Å². The third-order valence-corrected chi connectivity index (χ3v) is 0. The van der Waals surface area contributed by atoms with Crippen LogP contribution in [0.15, 0.2) is 0 Å². The van der Waals surface area contributed by atoms with E-state index in [0.29, 0.717) is 0 Å². The Balaban J connectivity index is -0.0000000200. The first-order valence-corrected chi connectivity index (χ1v) is 1.68. The van der Waals surface area contributed by atoms with Crippen LogP contribution in [-0.4, -0.2) is 43.2 Å². The summed E-state index contributed by atoms with van der Waals surface area (Å²) in [6.07, 6.45) is 0. The van der Waals surface area contributed by atoms with Crippen LogP contribution in [0.5, 0.6) is 0 Å². The summed E-state index contributed by atoms with van der Waals surface area (Å²) in [6.45, 7) is 0. The molecule has 0 radical (unpaired) electrons. The van der Waals surface area contributed by atoms with Crippen molar-refractivity contribution in [1.29, 1.82) is 0 Å². The third kappa shape index (κ3) is 29.4. The molecule has 0 aromatic rings. The van der Waals surface area contributed by atoms with Gasteiger partial charge >= 0.3 is 63.5 Å². The van der Waals surface area contributed by atoms with Gasteiger partial charge in [0, 0.05) is 0 Å². The molecule has 0 saturated carbocycles.